The number of nitrogens with two attached hydrogens (primary N) is 1. The minimum Gasteiger partial charge on any atom is -0.327 e. The molecule has 1 aromatic carbocycles. The summed E-state index contributed by atoms with van der Waals surface area (Å²) in [5.41, 5.74) is 6.64. The van der Waals surface area contributed by atoms with Crippen LogP contribution in [0, 0.1) is 17.0 Å². The molecule has 0 aromatic heterocycles. The van der Waals surface area contributed by atoms with Gasteiger partial charge in [0.15, 0.2) is 0 Å². The van der Waals surface area contributed by atoms with Crippen molar-refractivity contribution in [2.24, 2.45) is 11.1 Å². The lowest BCUT2D eigenvalue weighted by molar-refractivity contribution is 0.272. The monoisotopic (exact) mass is 227 g/mol. The predicted molar refractivity (Wildman–Crippen MR) is 62.1 cm³/mol. The molecule has 16 heavy (non-hydrogen) atoms. The molecule has 1 unspecified atom stereocenters. The smallest absolute Gasteiger partial charge is 0.126 e. The molecule has 0 saturated heterocycles. The van der Waals surface area contributed by atoms with Crippen molar-refractivity contribution in [3.63, 3.8) is 0 Å². The summed E-state index contributed by atoms with van der Waals surface area (Å²) in [6, 6.07) is 3.46. The Morgan fingerprint density at radius 3 is 2.12 bits per heavy atom. The average molecular weight is 227 g/mol. The van der Waals surface area contributed by atoms with Gasteiger partial charge in [-0.1, -0.05) is 20.8 Å². The highest BCUT2D eigenvalue weighted by Gasteiger charge is 2.24. The molecule has 0 aliphatic carbocycles. The van der Waals surface area contributed by atoms with Crippen LogP contribution >= 0.6 is 0 Å². The molecule has 0 heterocycles. The fraction of sp³-hybridized carbons (Fsp3) is 0.538. The van der Waals surface area contributed by atoms with Gasteiger partial charge in [-0.25, -0.2) is 8.78 Å². The van der Waals surface area contributed by atoms with Crippen LogP contribution in [-0.2, 0) is 6.42 Å². The van der Waals surface area contributed by atoms with E-state index in [4.69, 9.17) is 5.73 Å². The lowest BCUT2D eigenvalue weighted by Crippen LogP contribution is -2.38. The molecule has 0 aliphatic rings. The Morgan fingerprint density at radius 2 is 1.69 bits per heavy atom. The van der Waals surface area contributed by atoms with Gasteiger partial charge in [-0.05, 0) is 36.0 Å². The summed E-state index contributed by atoms with van der Waals surface area (Å²) in [5, 5.41) is 0. The maximum Gasteiger partial charge on any atom is 0.126 e. The Balaban J connectivity index is 2.80. The van der Waals surface area contributed by atoms with Crippen LogP contribution in [0.15, 0.2) is 18.2 Å². The minimum absolute atomic E-state index is 0.0250. The zero-order chi connectivity index (χ0) is 12.3. The molecule has 0 spiro atoms. The van der Waals surface area contributed by atoms with E-state index in [1.54, 1.807) is 0 Å². The molecule has 1 aromatic rings. The van der Waals surface area contributed by atoms with Crippen molar-refractivity contribution in [3.8, 4) is 0 Å². The SMILES string of the molecule is CCC(C)(C)C(N)Cc1cc(F)cc(F)c1. The lowest BCUT2D eigenvalue weighted by Gasteiger charge is -2.30. The molecule has 2 N–H and O–H groups in total. The summed E-state index contributed by atoms with van der Waals surface area (Å²) in [6.45, 7) is 6.19. The van der Waals surface area contributed by atoms with Crippen LogP contribution in [0.4, 0.5) is 8.78 Å². The Labute approximate surface area is 95.7 Å². The van der Waals surface area contributed by atoms with Crippen molar-refractivity contribution in [1.82, 2.24) is 0 Å². The molecular formula is C13H19F2N. The van der Waals surface area contributed by atoms with Gasteiger partial charge in [-0.2, -0.15) is 0 Å². The molecule has 90 valence electrons. The van der Waals surface area contributed by atoms with E-state index in [1.807, 2.05) is 0 Å². The normalized spacial score (nSPS) is 13.9. The van der Waals surface area contributed by atoms with Crippen LogP contribution in [0.5, 0.6) is 0 Å². The van der Waals surface area contributed by atoms with Gasteiger partial charge in [0.25, 0.3) is 0 Å². The van der Waals surface area contributed by atoms with E-state index >= 15 is 0 Å². The number of benzene rings is 1. The molecule has 0 amide bonds. The first-order chi connectivity index (χ1) is 7.35. The molecule has 0 bridgehead atoms. The highest BCUT2D eigenvalue weighted by Crippen LogP contribution is 2.26. The molecule has 1 atom stereocenters. The molecule has 0 fully saturated rings. The molecular weight excluding hydrogens is 208 g/mol. The highest BCUT2D eigenvalue weighted by molar-refractivity contribution is 5.19. The topological polar surface area (TPSA) is 26.0 Å². The van der Waals surface area contributed by atoms with Gasteiger partial charge in [0.1, 0.15) is 11.6 Å². The number of halogens is 2. The zero-order valence-corrected chi connectivity index (χ0v) is 10.1. The van der Waals surface area contributed by atoms with Gasteiger partial charge in [0, 0.05) is 12.1 Å². The summed E-state index contributed by atoms with van der Waals surface area (Å²) in [4.78, 5) is 0. The second-order valence-corrected chi connectivity index (χ2v) is 4.93. The van der Waals surface area contributed by atoms with Gasteiger partial charge < -0.3 is 5.73 Å². The van der Waals surface area contributed by atoms with Gasteiger partial charge in [0.05, 0.1) is 0 Å². The van der Waals surface area contributed by atoms with Crippen LogP contribution in [0.25, 0.3) is 0 Å². The van der Waals surface area contributed by atoms with Gasteiger partial charge in [-0.15, -0.1) is 0 Å². The first kappa shape index (κ1) is 13.1. The zero-order valence-electron chi connectivity index (χ0n) is 10.1. The van der Waals surface area contributed by atoms with Crippen molar-refractivity contribution in [2.45, 2.75) is 39.7 Å². The third-order valence-corrected chi connectivity index (χ3v) is 3.29. The first-order valence-corrected chi connectivity index (χ1v) is 5.55. The van der Waals surface area contributed by atoms with Gasteiger partial charge in [0.2, 0.25) is 0 Å². The maximum atomic E-state index is 13.0. The van der Waals surface area contributed by atoms with E-state index in [-0.39, 0.29) is 11.5 Å². The summed E-state index contributed by atoms with van der Waals surface area (Å²) < 4.78 is 26.0. The van der Waals surface area contributed by atoms with Crippen molar-refractivity contribution >= 4 is 0 Å². The van der Waals surface area contributed by atoms with Crippen molar-refractivity contribution in [1.29, 1.82) is 0 Å². The highest BCUT2D eigenvalue weighted by atomic mass is 19.1. The number of hydrogen-bond donors (Lipinski definition) is 1. The largest absolute Gasteiger partial charge is 0.327 e. The van der Waals surface area contributed by atoms with Crippen LogP contribution in [-0.4, -0.2) is 6.04 Å². The number of rotatable bonds is 4. The molecule has 0 aliphatic heterocycles. The molecule has 0 radical (unpaired) electrons. The van der Waals surface area contributed by atoms with Crippen LogP contribution in [0.1, 0.15) is 32.8 Å². The second-order valence-electron chi connectivity index (χ2n) is 4.93. The number of hydrogen-bond acceptors (Lipinski definition) is 1. The van der Waals surface area contributed by atoms with E-state index in [0.29, 0.717) is 12.0 Å². The van der Waals surface area contributed by atoms with Gasteiger partial charge in [-0.3, -0.25) is 0 Å². The molecule has 1 rings (SSSR count). The fourth-order valence-corrected chi connectivity index (χ4v) is 1.52. The quantitative estimate of drug-likeness (QED) is 0.839. The van der Waals surface area contributed by atoms with Gasteiger partial charge >= 0.3 is 0 Å². The standard InChI is InChI=1S/C13H19F2N/c1-4-13(2,3)12(16)7-9-5-10(14)8-11(15)6-9/h5-6,8,12H,4,7,16H2,1-3H3. The average Bonchev–Trinajstić information content (AvgIpc) is 2.15. The second kappa shape index (κ2) is 4.91. The summed E-state index contributed by atoms with van der Waals surface area (Å²) >= 11 is 0. The van der Waals surface area contributed by atoms with Crippen LogP contribution < -0.4 is 5.73 Å². The van der Waals surface area contributed by atoms with Crippen molar-refractivity contribution < 1.29 is 8.78 Å². The maximum absolute atomic E-state index is 13.0. The Kier molecular flexibility index (Phi) is 4.03. The van der Waals surface area contributed by atoms with E-state index in [9.17, 15) is 8.78 Å². The van der Waals surface area contributed by atoms with Crippen molar-refractivity contribution in [2.75, 3.05) is 0 Å². The van der Waals surface area contributed by atoms with Crippen molar-refractivity contribution in [3.05, 3.63) is 35.4 Å². The summed E-state index contributed by atoms with van der Waals surface area (Å²) in [5.74, 6) is -1.09. The Bertz CT molecular complexity index is 341. The van der Waals surface area contributed by atoms with Crippen LogP contribution in [0.3, 0.4) is 0 Å². The minimum atomic E-state index is -0.545. The summed E-state index contributed by atoms with van der Waals surface area (Å²) in [7, 11) is 0. The van der Waals surface area contributed by atoms with E-state index in [2.05, 4.69) is 20.8 Å². The lowest BCUT2D eigenvalue weighted by atomic mass is 9.79. The summed E-state index contributed by atoms with van der Waals surface area (Å²) in [6.07, 6.45) is 1.43. The predicted octanol–water partition coefficient (Wildman–Crippen LogP) is 3.27. The first-order valence-electron chi connectivity index (χ1n) is 5.55. The van der Waals surface area contributed by atoms with E-state index in [1.165, 1.54) is 12.1 Å². The molecule has 3 heteroatoms. The Morgan fingerprint density at radius 1 is 1.19 bits per heavy atom. The van der Waals surface area contributed by atoms with Crippen LogP contribution in [0.2, 0.25) is 0 Å². The fourth-order valence-electron chi connectivity index (χ4n) is 1.52. The van der Waals surface area contributed by atoms with E-state index < -0.39 is 11.6 Å². The molecule has 1 nitrogen and oxygen atoms in total. The van der Waals surface area contributed by atoms with E-state index in [0.717, 1.165) is 12.5 Å². The third-order valence-electron chi connectivity index (χ3n) is 3.29. The molecule has 0 saturated carbocycles. The third kappa shape index (κ3) is 3.27. The Hall–Kier alpha value is -0.960.